The average molecular weight is 440 g/mol. The lowest BCUT2D eigenvalue weighted by Gasteiger charge is -2.43. The second-order valence-corrected chi connectivity index (χ2v) is 8.24. The number of carboxylic acid groups (broad SMARTS) is 1. The lowest BCUT2D eigenvalue weighted by atomic mass is 9.95. The van der Waals surface area contributed by atoms with Gasteiger partial charge in [-0.25, -0.2) is 4.79 Å². The van der Waals surface area contributed by atoms with E-state index in [2.05, 4.69) is 5.32 Å². The standard InChI is InChI=1S/C16H19N3O4S.ClH.3H2O/c1-16(2)11(15(22)23)19-13(21)10(14(19)24-16)18-12(20)9(17)8-6-4-3-5-7-8;;;;/h3-7,9-11,14H,17H2,1-2H3,(H,18,20)(H,22,23);1H;3*1H2/t9?,10-,11+,14-;;;;/m1..../s1. The molecule has 1 unspecified atom stereocenters. The van der Waals surface area contributed by atoms with Crippen LogP contribution in [0.5, 0.6) is 0 Å². The SMILES string of the molecule is CC1(C)S[C@@H]2[C@H](NC(=O)C(N)c3ccccc3)C(=O)N2[C@H]1C(=O)O.Cl.O.O.O. The first kappa shape index (κ1) is 28.3. The molecule has 2 amide bonds. The number of hydrogen-bond acceptors (Lipinski definition) is 5. The molecule has 1 aromatic carbocycles. The summed E-state index contributed by atoms with van der Waals surface area (Å²) in [5, 5.41) is 11.7. The first-order valence-corrected chi connectivity index (χ1v) is 8.45. The molecule has 12 heteroatoms. The number of aliphatic carboxylic acids is 1. The molecule has 0 aliphatic carbocycles. The van der Waals surface area contributed by atoms with Crippen molar-refractivity contribution >= 4 is 42.0 Å². The van der Waals surface area contributed by atoms with Crippen LogP contribution in [0.1, 0.15) is 25.5 Å². The second kappa shape index (κ2) is 10.0. The van der Waals surface area contributed by atoms with Crippen LogP contribution in [0.25, 0.3) is 0 Å². The van der Waals surface area contributed by atoms with Gasteiger partial charge in [0.15, 0.2) is 0 Å². The van der Waals surface area contributed by atoms with Gasteiger partial charge in [0.1, 0.15) is 23.5 Å². The van der Waals surface area contributed by atoms with Gasteiger partial charge in [0.25, 0.3) is 0 Å². The van der Waals surface area contributed by atoms with Gasteiger partial charge in [-0.2, -0.15) is 0 Å². The first-order chi connectivity index (χ1) is 11.2. The Bertz CT molecular complexity index is 707. The van der Waals surface area contributed by atoms with Gasteiger partial charge in [-0.1, -0.05) is 30.3 Å². The molecule has 2 aliphatic rings. The normalized spacial score (nSPS) is 24.6. The molecule has 0 aromatic heterocycles. The fourth-order valence-electron chi connectivity index (χ4n) is 3.20. The number of hydrogen-bond donors (Lipinski definition) is 3. The molecule has 2 fully saturated rings. The van der Waals surface area contributed by atoms with Crippen LogP contribution in [0.3, 0.4) is 0 Å². The minimum atomic E-state index is -1.03. The van der Waals surface area contributed by atoms with Crippen molar-refractivity contribution in [1.29, 1.82) is 0 Å². The number of carbonyl (C=O) groups excluding carboxylic acids is 2. The number of nitrogens with two attached hydrogens (primary N) is 1. The van der Waals surface area contributed by atoms with Crippen molar-refractivity contribution in [2.24, 2.45) is 5.73 Å². The number of benzene rings is 1. The van der Waals surface area contributed by atoms with Gasteiger partial charge in [-0.05, 0) is 19.4 Å². The molecule has 1 aromatic rings. The van der Waals surface area contributed by atoms with Gasteiger partial charge < -0.3 is 37.5 Å². The van der Waals surface area contributed by atoms with Gasteiger partial charge in [-0.15, -0.1) is 24.2 Å². The minimum Gasteiger partial charge on any atom is -0.480 e. The van der Waals surface area contributed by atoms with Crippen LogP contribution in [0, 0.1) is 0 Å². The Kier molecular flexibility index (Phi) is 10.2. The number of amides is 2. The van der Waals surface area contributed by atoms with E-state index in [0.717, 1.165) is 0 Å². The Morgan fingerprint density at radius 2 is 1.75 bits per heavy atom. The van der Waals surface area contributed by atoms with E-state index in [0.29, 0.717) is 5.56 Å². The molecule has 160 valence electrons. The van der Waals surface area contributed by atoms with Gasteiger partial charge in [0.05, 0.1) is 0 Å². The zero-order chi connectivity index (χ0) is 17.6. The van der Waals surface area contributed by atoms with Crippen LogP contribution in [0.15, 0.2) is 30.3 Å². The third kappa shape index (κ3) is 4.57. The molecule has 28 heavy (non-hydrogen) atoms. The molecule has 0 radical (unpaired) electrons. The van der Waals surface area contributed by atoms with Crippen LogP contribution in [0.4, 0.5) is 0 Å². The molecule has 0 spiro atoms. The molecule has 2 aliphatic heterocycles. The molecule has 2 saturated heterocycles. The van der Waals surface area contributed by atoms with Crippen molar-refractivity contribution in [2.45, 2.75) is 42.1 Å². The zero-order valence-electron chi connectivity index (χ0n) is 15.2. The summed E-state index contributed by atoms with van der Waals surface area (Å²) in [4.78, 5) is 37.5. The third-order valence-corrected chi connectivity index (χ3v) is 5.99. The van der Waals surface area contributed by atoms with Crippen molar-refractivity contribution < 1.29 is 35.9 Å². The van der Waals surface area contributed by atoms with E-state index < -0.39 is 34.7 Å². The fourth-order valence-corrected chi connectivity index (χ4v) is 4.83. The van der Waals surface area contributed by atoms with Crippen molar-refractivity contribution in [2.75, 3.05) is 0 Å². The maximum absolute atomic E-state index is 12.3. The molecule has 10 nitrogen and oxygen atoms in total. The van der Waals surface area contributed by atoms with E-state index in [-0.39, 0.29) is 40.1 Å². The Morgan fingerprint density at radius 3 is 2.25 bits per heavy atom. The summed E-state index contributed by atoms with van der Waals surface area (Å²) in [5.74, 6) is -1.86. The minimum absolute atomic E-state index is 0. The number of halogens is 1. The molecule has 4 atom stereocenters. The largest absolute Gasteiger partial charge is 0.480 e. The van der Waals surface area contributed by atoms with Crippen molar-refractivity contribution in [3.63, 3.8) is 0 Å². The molecule has 2 heterocycles. The number of carboxylic acids is 1. The number of β-lactam (4-membered cyclic amide) rings is 1. The highest BCUT2D eigenvalue weighted by atomic mass is 35.5. The quantitative estimate of drug-likeness (QED) is 0.463. The smallest absolute Gasteiger partial charge is 0.327 e. The highest BCUT2D eigenvalue weighted by molar-refractivity contribution is 8.01. The number of nitrogens with zero attached hydrogens (tertiary/aromatic N) is 1. The van der Waals surface area contributed by atoms with E-state index in [9.17, 15) is 19.5 Å². The monoisotopic (exact) mass is 439 g/mol. The van der Waals surface area contributed by atoms with Gasteiger partial charge >= 0.3 is 5.97 Å². The average Bonchev–Trinajstić information content (AvgIpc) is 2.80. The fraction of sp³-hybridized carbons (Fsp3) is 0.438. The first-order valence-electron chi connectivity index (χ1n) is 7.58. The van der Waals surface area contributed by atoms with Crippen molar-refractivity contribution in [3.05, 3.63) is 35.9 Å². The Labute approximate surface area is 172 Å². The van der Waals surface area contributed by atoms with Crippen LogP contribution < -0.4 is 11.1 Å². The van der Waals surface area contributed by atoms with Crippen molar-refractivity contribution in [1.82, 2.24) is 10.2 Å². The summed E-state index contributed by atoms with van der Waals surface area (Å²) >= 11 is 1.38. The number of thioether (sulfide) groups is 1. The molecule has 3 rings (SSSR count). The van der Waals surface area contributed by atoms with E-state index in [1.165, 1.54) is 16.7 Å². The molecule has 0 bridgehead atoms. The van der Waals surface area contributed by atoms with E-state index in [1.54, 1.807) is 38.1 Å². The summed E-state index contributed by atoms with van der Waals surface area (Å²) in [7, 11) is 0. The highest BCUT2D eigenvalue weighted by Gasteiger charge is 2.64. The highest BCUT2D eigenvalue weighted by Crippen LogP contribution is 2.50. The molecule has 0 saturated carbocycles. The predicted octanol–water partition coefficient (Wildman–Crippen LogP) is -1.73. The lowest BCUT2D eigenvalue weighted by Crippen LogP contribution is -2.71. The van der Waals surface area contributed by atoms with Gasteiger partial charge in [0, 0.05) is 4.75 Å². The summed E-state index contributed by atoms with van der Waals surface area (Å²) in [6, 6.07) is 6.38. The van der Waals surface area contributed by atoms with Crippen LogP contribution >= 0.6 is 24.2 Å². The zero-order valence-corrected chi connectivity index (χ0v) is 16.8. The van der Waals surface area contributed by atoms with E-state index >= 15 is 0 Å². The number of fused-ring (bicyclic) bond motifs is 1. The van der Waals surface area contributed by atoms with Gasteiger partial charge in [-0.3, -0.25) is 9.59 Å². The lowest BCUT2D eigenvalue weighted by molar-refractivity contribution is -0.161. The Morgan fingerprint density at radius 1 is 1.21 bits per heavy atom. The summed E-state index contributed by atoms with van der Waals surface area (Å²) < 4.78 is -0.618. The number of carbonyl (C=O) groups is 3. The topological polar surface area (TPSA) is 207 Å². The van der Waals surface area contributed by atoms with Crippen LogP contribution in [-0.4, -0.2) is 66.4 Å². The van der Waals surface area contributed by atoms with Crippen LogP contribution in [0.2, 0.25) is 0 Å². The molecular weight excluding hydrogens is 414 g/mol. The summed E-state index contributed by atoms with van der Waals surface area (Å²) in [6.07, 6.45) is 0. The predicted molar refractivity (Wildman–Crippen MR) is 107 cm³/mol. The second-order valence-electron chi connectivity index (χ2n) is 6.47. The maximum Gasteiger partial charge on any atom is 0.327 e. The number of rotatable bonds is 4. The van der Waals surface area contributed by atoms with Crippen LogP contribution in [-0.2, 0) is 14.4 Å². The van der Waals surface area contributed by atoms with E-state index in [4.69, 9.17) is 5.73 Å². The van der Waals surface area contributed by atoms with Gasteiger partial charge in [0.2, 0.25) is 11.8 Å². The maximum atomic E-state index is 12.3. The summed E-state index contributed by atoms with van der Waals surface area (Å²) in [6.45, 7) is 3.58. The van der Waals surface area contributed by atoms with E-state index in [1.807, 2.05) is 6.07 Å². The number of nitrogens with one attached hydrogen (secondary N) is 1. The molecule has 10 N–H and O–H groups in total. The summed E-state index contributed by atoms with van der Waals surface area (Å²) in [5.41, 5.74) is 6.59. The van der Waals surface area contributed by atoms with Crippen molar-refractivity contribution in [3.8, 4) is 0 Å². The Balaban J connectivity index is 0. The third-order valence-electron chi connectivity index (χ3n) is 4.41. The Hall–Kier alpha value is -1.89. The molecular formula is C16H26ClN3O7S.